The van der Waals surface area contributed by atoms with E-state index in [4.69, 9.17) is 9.84 Å². The first-order valence-corrected chi connectivity index (χ1v) is 16.3. The molecule has 0 unspecified atom stereocenters. The van der Waals surface area contributed by atoms with Gasteiger partial charge in [0.15, 0.2) is 10.8 Å². The molecular weight excluding hydrogens is 702 g/mol. The molecule has 21 heteroatoms. The molecule has 3 aromatic carbocycles. The summed E-state index contributed by atoms with van der Waals surface area (Å²) >= 11 is 0.785. The number of carbonyl (C=O) groups is 4. The number of esters is 1. The number of carbonyl (C=O) groups excluding carboxylic acids is 3. The van der Waals surface area contributed by atoms with Gasteiger partial charge in [-0.15, -0.1) is 0 Å². The van der Waals surface area contributed by atoms with Gasteiger partial charge in [-0.25, -0.2) is 18.2 Å². The van der Waals surface area contributed by atoms with Crippen molar-refractivity contribution in [3.63, 3.8) is 0 Å². The van der Waals surface area contributed by atoms with Crippen LogP contribution in [0.2, 0.25) is 0 Å². The van der Waals surface area contributed by atoms with Crippen molar-refractivity contribution in [3.05, 3.63) is 103 Å². The number of aromatic nitrogens is 1. The smallest absolute Gasteiger partial charge is 0.350 e. The Kier molecular flexibility index (Phi) is 11.0. The van der Waals surface area contributed by atoms with Gasteiger partial charge in [-0.2, -0.15) is 0 Å². The number of sulfonamides is 1. The van der Waals surface area contributed by atoms with Crippen LogP contribution in [-0.2, 0) is 19.6 Å². The molecule has 4 rings (SSSR count). The van der Waals surface area contributed by atoms with Gasteiger partial charge in [0.1, 0.15) is 11.4 Å². The van der Waals surface area contributed by atoms with E-state index in [2.05, 4.69) is 25.7 Å². The molecule has 0 fully saturated rings. The van der Waals surface area contributed by atoms with Crippen LogP contribution in [0.1, 0.15) is 43.0 Å². The molecule has 0 radical (unpaired) electrons. The first-order chi connectivity index (χ1) is 23.6. The second-order valence-electron chi connectivity index (χ2n) is 9.92. The van der Waals surface area contributed by atoms with Crippen molar-refractivity contribution in [2.24, 2.45) is 0 Å². The minimum Gasteiger partial charge on any atom is -0.480 e. The molecule has 0 aliphatic heterocycles. The zero-order chi connectivity index (χ0) is 36.7. The lowest BCUT2D eigenvalue weighted by Gasteiger charge is -2.11. The van der Waals surface area contributed by atoms with Crippen molar-refractivity contribution in [3.8, 4) is 0 Å². The number of anilines is 4. The predicted octanol–water partition coefficient (Wildman–Crippen LogP) is 4.06. The number of aryl methyl sites for hydroxylation is 1. The van der Waals surface area contributed by atoms with Gasteiger partial charge in [0.25, 0.3) is 21.8 Å². The molecule has 0 aliphatic carbocycles. The van der Waals surface area contributed by atoms with Crippen molar-refractivity contribution in [1.82, 2.24) is 10.3 Å². The van der Waals surface area contributed by atoms with Gasteiger partial charge in [0, 0.05) is 29.1 Å². The first-order valence-electron chi connectivity index (χ1n) is 14.0. The maximum atomic E-state index is 13.1. The molecule has 0 aliphatic rings. The van der Waals surface area contributed by atoms with E-state index in [9.17, 15) is 47.8 Å². The van der Waals surface area contributed by atoms with E-state index in [-0.39, 0.29) is 44.1 Å². The van der Waals surface area contributed by atoms with Crippen LogP contribution in [0.25, 0.3) is 0 Å². The van der Waals surface area contributed by atoms with Crippen molar-refractivity contribution < 1.29 is 47.3 Å². The van der Waals surface area contributed by atoms with Crippen LogP contribution in [0.15, 0.2) is 65.6 Å². The number of carboxylic acid groups (broad SMARTS) is 1. The number of amides is 2. The zero-order valence-corrected chi connectivity index (χ0v) is 27.4. The van der Waals surface area contributed by atoms with E-state index >= 15 is 0 Å². The van der Waals surface area contributed by atoms with E-state index in [1.807, 2.05) is 0 Å². The minimum atomic E-state index is -4.19. The molecule has 0 saturated carbocycles. The second-order valence-corrected chi connectivity index (χ2v) is 12.6. The quantitative estimate of drug-likeness (QED) is 0.0696. The van der Waals surface area contributed by atoms with Gasteiger partial charge in [-0.1, -0.05) is 11.3 Å². The number of nitro groups is 2. The minimum absolute atomic E-state index is 0.0450. The molecule has 4 aromatic rings. The topological polar surface area (TPSA) is 279 Å². The van der Waals surface area contributed by atoms with Gasteiger partial charge in [0.05, 0.1) is 32.6 Å². The molecule has 5 N–H and O–H groups in total. The fourth-order valence-corrected chi connectivity index (χ4v) is 6.28. The Hall–Kier alpha value is -6.48. The second kappa shape index (κ2) is 15.2. The number of benzene rings is 3. The number of hydrogen-bond donors (Lipinski definition) is 5. The first kappa shape index (κ1) is 36.4. The molecule has 0 atom stereocenters. The van der Waals surface area contributed by atoms with Crippen LogP contribution >= 0.6 is 11.3 Å². The fourth-order valence-electron chi connectivity index (χ4n) is 4.19. The summed E-state index contributed by atoms with van der Waals surface area (Å²) in [4.78, 5) is 73.8. The Bertz CT molecular complexity index is 2080. The van der Waals surface area contributed by atoms with Gasteiger partial charge < -0.3 is 25.8 Å². The van der Waals surface area contributed by atoms with Crippen LogP contribution in [0, 0.1) is 27.2 Å². The van der Waals surface area contributed by atoms with Crippen molar-refractivity contribution in [2.45, 2.75) is 18.7 Å². The Balaban J connectivity index is 1.52. The largest absolute Gasteiger partial charge is 0.480 e. The third kappa shape index (κ3) is 8.70. The molecule has 19 nitrogen and oxygen atoms in total. The van der Waals surface area contributed by atoms with E-state index in [0.29, 0.717) is 0 Å². The van der Waals surface area contributed by atoms with Crippen LogP contribution in [-0.4, -0.2) is 65.3 Å². The van der Waals surface area contributed by atoms with E-state index in [1.165, 1.54) is 43.3 Å². The van der Waals surface area contributed by atoms with Gasteiger partial charge in [-0.3, -0.25) is 39.3 Å². The SMILES string of the molecule is CCOC(=O)c1sc(NS(=O)(=O)c2ccc(NC(=O)c3cc([N+](=O)[O-])c(Nc4ccc(C(=O)NCC(=O)O)cc4)c([N+](=O)[O-])c3)cc2)nc1C. The van der Waals surface area contributed by atoms with Crippen molar-refractivity contribution in [2.75, 3.05) is 28.5 Å². The fraction of sp³-hybridized carbons (Fsp3) is 0.138. The molecule has 260 valence electrons. The number of aliphatic carboxylic acids is 1. The molecule has 0 saturated heterocycles. The number of thiazole rings is 1. The van der Waals surface area contributed by atoms with Crippen LogP contribution in [0.5, 0.6) is 0 Å². The van der Waals surface area contributed by atoms with Crippen molar-refractivity contribution >= 4 is 78.7 Å². The molecule has 1 aromatic heterocycles. The van der Waals surface area contributed by atoms with E-state index in [0.717, 1.165) is 35.6 Å². The number of carboxylic acids is 1. The van der Waals surface area contributed by atoms with Gasteiger partial charge in [0.2, 0.25) is 0 Å². The van der Waals surface area contributed by atoms with Crippen molar-refractivity contribution in [1.29, 1.82) is 0 Å². The number of nitrogens with one attached hydrogen (secondary N) is 4. The Morgan fingerprint density at radius 3 is 2.02 bits per heavy atom. The predicted molar refractivity (Wildman–Crippen MR) is 177 cm³/mol. The Labute approximate surface area is 285 Å². The average molecular weight is 728 g/mol. The molecule has 50 heavy (non-hydrogen) atoms. The number of ether oxygens (including phenoxy) is 1. The third-order valence-corrected chi connectivity index (χ3v) is 9.01. The highest BCUT2D eigenvalue weighted by atomic mass is 32.2. The lowest BCUT2D eigenvalue weighted by atomic mass is 10.1. The summed E-state index contributed by atoms with van der Waals surface area (Å²) in [5.74, 6) is -3.61. The maximum absolute atomic E-state index is 13.1. The maximum Gasteiger partial charge on any atom is 0.350 e. The number of nitro benzene ring substituents is 2. The molecule has 0 spiro atoms. The molecule has 1 heterocycles. The summed E-state index contributed by atoms with van der Waals surface area (Å²) < 4.78 is 33.0. The van der Waals surface area contributed by atoms with Crippen LogP contribution in [0.4, 0.5) is 33.6 Å². The molecule has 0 bridgehead atoms. The highest BCUT2D eigenvalue weighted by molar-refractivity contribution is 7.93. The Morgan fingerprint density at radius 1 is 0.900 bits per heavy atom. The monoisotopic (exact) mass is 727 g/mol. The number of hydrogen-bond acceptors (Lipinski definition) is 14. The highest BCUT2D eigenvalue weighted by Gasteiger charge is 2.29. The molecular formula is C29H25N7O12S2. The average Bonchev–Trinajstić information content (AvgIpc) is 3.42. The van der Waals surface area contributed by atoms with Crippen LogP contribution in [0.3, 0.4) is 0 Å². The summed E-state index contributed by atoms with van der Waals surface area (Å²) in [6.07, 6.45) is 0. The van der Waals surface area contributed by atoms with Gasteiger partial charge >= 0.3 is 23.3 Å². The van der Waals surface area contributed by atoms with E-state index < -0.39 is 72.8 Å². The van der Waals surface area contributed by atoms with E-state index in [1.54, 1.807) is 6.92 Å². The van der Waals surface area contributed by atoms with Crippen LogP contribution < -0.4 is 20.7 Å². The summed E-state index contributed by atoms with van der Waals surface area (Å²) in [5.41, 5.74) is -2.23. The summed E-state index contributed by atoms with van der Waals surface area (Å²) in [7, 11) is -4.19. The summed E-state index contributed by atoms with van der Waals surface area (Å²) in [5, 5.41) is 39.6. The summed E-state index contributed by atoms with van der Waals surface area (Å²) in [6, 6.07) is 11.4. The van der Waals surface area contributed by atoms with Gasteiger partial charge in [-0.05, 0) is 62.4 Å². The normalized spacial score (nSPS) is 10.8. The number of rotatable bonds is 14. The zero-order valence-electron chi connectivity index (χ0n) is 25.8. The highest BCUT2D eigenvalue weighted by Crippen LogP contribution is 2.38. The third-order valence-electron chi connectivity index (χ3n) is 6.47. The standard InChI is InChI=1S/C29H25N7O12S2/c1-3-48-28(41)25-15(2)31-29(49-25)34-50(46,47)20-10-8-19(9-11-20)33-27(40)17-12-21(35(42)43)24(22(13-17)36(44)45)32-18-6-4-16(5-7-18)26(39)30-14-23(37)38/h4-13,32H,3,14H2,1-2H3,(H,30,39)(H,31,34)(H,33,40)(H,37,38). The lowest BCUT2D eigenvalue weighted by Crippen LogP contribution is -2.29. The lowest BCUT2D eigenvalue weighted by molar-refractivity contribution is -0.392. The number of nitrogens with zero attached hydrogens (tertiary/aromatic N) is 3. The molecule has 2 amide bonds. The summed E-state index contributed by atoms with van der Waals surface area (Å²) in [6.45, 7) is 2.63. The Morgan fingerprint density at radius 2 is 1.48 bits per heavy atom.